The molecule has 1 aromatic heterocycles. The van der Waals surface area contributed by atoms with Gasteiger partial charge in [-0.1, -0.05) is 0 Å². The van der Waals surface area contributed by atoms with Crippen molar-refractivity contribution < 1.29 is 13.2 Å². The zero-order valence-electron chi connectivity index (χ0n) is 10.7. The van der Waals surface area contributed by atoms with E-state index in [0.29, 0.717) is 31.1 Å². The van der Waals surface area contributed by atoms with Gasteiger partial charge in [0.05, 0.1) is 17.6 Å². The zero-order valence-corrected chi connectivity index (χ0v) is 11.5. The molecule has 102 valence electrons. The predicted molar refractivity (Wildman–Crippen MR) is 67.8 cm³/mol. The van der Waals surface area contributed by atoms with E-state index in [1.165, 1.54) is 4.31 Å². The summed E-state index contributed by atoms with van der Waals surface area (Å²) in [5.41, 5.74) is 0. The van der Waals surface area contributed by atoms with E-state index in [0.717, 1.165) is 0 Å². The van der Waals surface area contributed by atoms with Crippen LogP contribution >= 0.6 is 0 Å². The van der Waals surface area contributed by atoms with E-state index in [2.05, 4.69) is 5.32 Å². The molecule has 0 amide bonds. The monoisotopic (exact) mass is 273 g/mol. The van der Waals surface area contributed by atoms with E-state index in [1.807, 2.05) is 14.1 Å². The number of nitrogens with zero attached hydrogens (tertiary/aromatic N) is 2. The number of hydrogen-bond acceptors (Lipinski definition) is 4. The standard InChI is InChI=1S/C11H19N3O3S/c1-12-7-10-8-14(5-6-17-10)18(15,16)11-3-4-13(2)9-11/h3-4,9-10,12H,5-8H2,1-2H3. The first kappa shape index (κ1) is 13.5. The van der Waals surface area contributed by atoms with Crippen LogP contribution in [0.3, 0.4) is 0 Å². The maximum Gasteiger partial charge on any atom is 0.244 e. The highest BCUT2D eigenvalue weighted by Gasteiger charge is 2.30. The summed E-state index contributed by atoms with van der Waals surface area (Å²) < 4.78 is 33.5. The Morgan fingerprint density at radius 1 is 1.56 bits per heavy atom. The molecule has 1 atom stereocenters. The Labute approximate surface area is 108 Å². The summed E-state index contributed by atoms with van der Waals surface area (Å²) in [4.78, 5) is 0.343. The first-order valence-electron chi connectivity index (χ1n) is 5.92. The van der Waals surface area contributed by atoms with Crippen LogP contribution in [0.1, 0.15) is 0 Å². The Morgan fingerprint density at radius 3 is 2.94 bits per heavy atom. The molecule has 1 saturated heterocycles. The second-order valence-electron chi connectivity index (χ2n) is 4.43. The lowest BCUT2D eigenvalue weighted by Gasteiger charge is -2.31. The average molecular weight is 273 g/mol. The zero-order chi connectivity index (χ0) is 13.2. The molecule has 1 aliphatic heterocycles. The fraction of sp³-hybridized carbons (Fsp3) is 0.636. The number of ether oxygens (including phenoxy) is 1. The van der Waals surface area contributed by atoms with Crippen LogP contribution in [0.25, 0.3) is 0 Å². The largest absolute Gasteiger partial charge is 0.374 e. The van der Waals surface area contributed by atoms with Crippen molar-refractivity contribution in [3.8, 4) is 0 Å². The van der Waals surface area contributed by atoms with Crippen LogP contribution in [0.15, 0.2) is 23.4 Å². The van der Waals surface area contributed by atoms with E-state index in [-0.39, 0.29) is 6.10 Å². The minimum absolute atomic E-state index is 0.0813. The van der Waals surface area contributed by atoms with Gasteiger partial charge in [0.2, 0.25) is 10.0 Å². The van der Waals surface area contributed by atoms with E-state index in [1.54, 1.807) is 23.0 Å². The third kappa shape index (κ3) is 2.74. The van der Waals surface area contributed by atoms with Crippen LogP contribution in [-0.4, -0.2) is 56.7 Å². The van der Waals surface area contributed by atoms with Gasteiger partial charge in [0.1, 0.15) is 0 Å². The fourth-order valence-corrected chi connectivity index (χ4v) is 3.55. The summed E-state index contributed by atoms with van der Waals surface area (Å²) in [6.07, 6.45) is 3.28. The molecule has 0 saturated carbocycles. The lowest BCUT2D eigenvalue weighted by molar-refractivity contribution is 0.000824. The first-order chi connectivity index (χ1) is 8.54. The van der Waals surface area contributed by atoms with Crippen LogP contribution in [0.5, 0.6) is 0 Å². The molecule has 2 rings (SSSR count). The third-order valence-corrected chi connectivity index (χ3v) is 4.82. The van der Waals surface area contributed by atoms with Gasteiger partial charge in [0.25, 0.3) is 0 Å². The Kier molecular flexibility index (Phi) is 4.06. The van der Waals surface area contributed by atoms with Crippen molar-refractivity contribution in [2.75, 3.05) is 33.3 Å². The Hall–Kier alpha value is -0.890. The summed E-state index contributed by atoms with van der Waals surface area (Å²) in [6, 6.07) is 1.62. The van der Waals surface area contributed by atoms with Crippen LogP contribution in [0, 0.1) is 0 Å². The van der Waals surface area contributed by atoms with Crippen LogP contribution < -0.4 is 5.32 Å². The van der Waals surface area contributed by atoms with E-state index in [4.69, 9.17) is 4.74 Å². The van der Waals surface area contributed by atoms with Gasteiger partial charge in [-0.15, -0.1) is 0 Å². The molecule has 6 nitrogen and oxygen atoms in total. The van der Waals surface area contributed by atoms with Gasteiger partial charge in [0.15, 0.2) is 0 Å². The molecule has 1 N–H and O–H groups in total. The van der Waals surface area contributed by atoms with Gasteiger partial charge in [-0.25, -0.2) is 8.42 Å². The lowest BCUT2D eigenvalue weighted by atomic mass is 10.3. The number of nitrogens with one attached hydrogen (secondary N) is 1. The normalized spacial score (nSPS) is 22.2. The number of aromatic nitrogens is 1. The molecule has 0 spiro atoms. The highest BCUT2D eigenvalue weighted by Crippen LogP contribution is 2.18. The van der Waals surface area contributed by atoms with Gasteiger partial charge < -0.3 is 14.6 Å². The van der Waals surface area contributed by atoms with Crippen molar-refractivity contribution in [2.45, 2.75) is 11.0 Å². The fourth-order valence-electron chi connectivity index (χ4n) is 2.04. The van der Waals surface area contributed by atoms with Gasteiger partial charge in [-0.05, 0) is 13.1 Å². The van der Waals surface area contributed by atoms with Crippen LogP contribution in [-0.2, 0) is 21.8 Å². The second-order valence-corrected chi connectivity index (χ2v) is 6.36. The number of rotatable bonds is 4. The molecule has 1 unspecified atom stereocenters. The molecule has 2 heterocycles. The summed E-state index contributed by atoms with van der Waals surface area (Å²) >= 11 is 0. The molecule has 7 heteroatoms. The van der Waals surface area contributed by atoms with Crippen molar-refractivity contribution in [1.29, 1.82) is 0 Å². The van der Waals surface area contributed by atoms with Gasteiger partial charge >= 0.3 is 0 Å². The van der Waals surface area contributed by atoms with E-state index >= 15 is 0 Å². The first-order valence-corrected chi connectivity index (χ1v) is 7.36. The smallest absolute Gasteiger partial charge is 0.244 e. The Bertz CT molecular complexity index is 495. The molecule has 0 bridgehead atoms. The van der Waals surface area contributed by atoms with Crippen molar-refractivity contribution in [3.63, 3.8) is 0 Å². The van der Waals surface area contributed by atoms with Crippen molar-refractivity contribution in [2.24, 2.45) is 7.05 Å². The lowest BCUT2D eigenvalue weighted by Crippen LogP contribution is -2.48. The molecule has 0 aromatic carbocycles. The van der Waals surface area contributed by atoms with Crippen LogP contribution in [0.4, 0.5) is 0 Å². The molecule has 0 aliphatic carbocycles. The number of aryl methyl sites for hydroxylation is 1. The minimum atomic E-state index is -3.39. The molecular formula is C11H19N3O3S. The summed E-state index contributed by atoms with van der Waals surface area (Å²) in [5, 5.41) is 3.00. The van der Waals surface area contributed by atoms with Gasteiger partial charge in [-0.3, -0.25) is 0 Å². The summed E-state index contributed by atoms with van der Waals surface area (Å²) in [7, 11) is 0.247. The Morgan fingerprint density at radius 2 is 2.33 bits per heavy atom. The van der Waals surface area contributed by atoms with Crippen LogP contribution in [0.2, 0.25) is 0 Å². The molecule has 1 aliphatic rings. The molecular weight excluding hydrogens is 254 g/mol. The minimum Gasteiger partial charge on any atom is -0.374 e. The van der Waals surface area contributed by atoms with Gasteiger partial charge in [-0.2, -0.15) is 4.31 Å². The molecule has 1 fully saturated rings. The second kappa shape index (κ2) is 5.40. The topological polar surface area (TPSA) is 63.6 Å². The van der Waals surface area contributed by atoms with E-state index < -0.39 is 10.0 Å². The number of sulfonamides is 1. The third-order valence-electron chi connectivity index (χ3n) is 2.98. The number of hydrogen-bond donors (Lipinski definition) is 1. The highest BCUT2D eigenvalue weighted by atomic mass is 32.2. The quantitative estimate of drug-likeness (QED) is 0.813. The highest BCUT2D eigenvalue weighted by molar-refractivity contribution is 7.89. The number of likely N-dealkylation sites (N-methyl/N-ethyl adjacent to an activating group) is 1. The van der Waals surface area contributed by atoms with Crippen molar-refractivity contribution in [1.82, 2.24) is 14.2 Å². The summed E-state index contributed by atoms with van der Waals surface area (Å²) in [5.74, 6) is 0. The van der Waals surface area contributed by atoms with E-state index in [9.17, 15) is 8.42 Å². The maximum atomic E-state index is 12.4. The molecule has 18 heavy (non-hydrogen) atoms. The van der Waals surface area contributed by atoms with Crippen molar-refractivity contribution in [3.05, 3.63) is 18.5 Å². The maximum absolute atomic E-state index is 12.4. The number of morpholine rings is 1. The SMILES string of the molecule is CNCC1CN(S(=O)(=O)c2ccn(C)c2)CCO1. The van der Waals surface area contributed by atoms with Gasteiger partial charge in [0, 0.05) is 39.1 Å². The predicted octanol–water partition coefficient (Wildman–Crippen LogP) is -0.366. The molecule has 1 aromatic rings. The van der Waals surface area contributed by atoms with Crippen molar-refractivity contribution >= 4 is 10.0 Å². The average Bonchev–Trinajstić information content (AvgIpc) is 2.77. The Balaban J connectivity index is 2.15. The summed E-state index contributed by atoms with van der Waals surface area (Å²) in [6.45, 7) is 1.91. The molecule has 0 radical (unpaired) electrons.